The molecule has 0 aromatic heterocycles. The number of aryl methyl sites for hydroxylation is 1. The quantitative estimate of drug-likeness (QED) is 0.747. The molecule has 0 spiro atoms. The third kappa shape index (κ3) is 4.86. The van der Waals surface area contributed by atoms with E-state index in [-0.39, 0.29) is 11.3 Å². The number of sulfonamides is 1. The summed E-state index contributed by atoms with van der Waals surface area (Å²) in [5, 5.41) is 0. The molecule has 1 amide bonds. The molecule has 1 atom stereocenters. The third-order valence-electron chi connectivity index (χ3n) is 3.78. The molecule has 0 aliphatic carbocycles. The first kappa shape index (κ1) is 19.5. The van der Waals surface area contributed by atoms with Crippen molar-refractivity contribution in [2.45, 2.75) is 25.2 Å². The molecule has 0 radical (unpaired) electrons. The average Bonchev–Trinajstić information content (AvgIpc) is 2.55. The van der Waals surface area contributed by atoms with Crippen LogP contribution in [-0.2, 0) is 30.8 Å². The summed E-state index contributed by atoms with van der Waals surface area (Å²) in [6.07, 6.45) is -0.136. The lowest BCUT2D eigenvalue weighted by Crippen LogP contribution is -2.42. The third-order valence-corrected chi connectivity index (χ3v) is 5.14. The molecule has 0 saturated carbocycles. The lowest BCUT2D eigenvalue weighted by Gasteiger charge is -2.14. The second kappa shape index (κ2) is 8.05. The van der Waals surface area contributed by atoms with Crippen molar-refractivity contribution in [3.63, 3.8) is 0 Å². The molecule has 26 heavy (non-hydrogen) atoms. The summed E-state index contributed by atoms with van der Waals surface area (Å²) < 4.78 is 26.4. The lowest BCUT2D eigenvalue weighted by molar-refractivity contribution is -0.139. The lowest BCUT2D eigenvalue weighted by atomic mass is 9.94. The van der Waals surface area contributed by atoms with Gasteiger partial charge >= 0.3 is 0 Å². The van der Waals surface area contributed by atoms with E-state index in [0.717, 1.165) is 12.5 Å². The van der Waals surface area contributed by atoms with Crippen LogP contribution >= 0.6 is 0 Å². The Morgan fingerprint density at radius 3 is 2.08 bits per heavy atom. The highest BCUT2D eigenvalue weighted by atomic mass is 32.2. The van der Waals surface area contributed by atoms with Crippen molar-refractivity contribution in [3.8, 4) is 0 Å². The van der Waals surface area contributed by atoms with Crippen molar-refractivity contribution in [2.24, 2.45) is 5.92 Å². The van der Waals surface area contributed by atoms with Crippen LogP contribution in [0.1, 0.15) is 18.1 Å². The number of rotatable bonds is 7. The Morgan fingerprint density at radius 2 is 1.54 bits per heavy atom. The molecule has 0 bridgehead atoms. The molecule has 1 unspecified atom stereocenters. The number of Topliss-reactive ketones (excluding diaryl/α,β-unsaturated/α-hetero) is 2. The van der Waals surface area contributed by atoms with Gasteiger partial charge in [0.25, 0.3) is 15.9 Å². The van der Waals surface area contributed by atoms with Crippen molar-refractivity contribution in [1.82, 2.24) is 4.72 Å². The highest BCUT2D eigenvalue weighted by Crippen LogP contribution is 2.13. The Hall–Kier alpha value is -2.80. The standard InChI is InChI=1S/C19H19NO5S/c1-13-8-10-16(11-9-13)26(24,25)20-19(23)18(14(2)21)17(22)12-15-6-4-3-5-7-15/h3-11,18H,12H2,1-2H3,(H,20,23). The molecule has 2 rings (SSSR count). The van der Waals surface area contributed by atoms with Crippen molar-refractivity contribution < 1.29 is 22.8 Å². The number of amides is 1. The molecule has 0 heterocycles. The largest absolute Gasteiger partial charge is 0.299 e. The predicted octanol–water partition coefficient (Wildman–Crippen LogP) is 1.82. The van der Waals surface area contributed by atoms with Crippen LogP contribution < -0.4 is 4.72 Å². The van der Waals surface area contributed by atoms with Crippen LogP contribution in [0.5, 0.6) is 0 Å². The van der Waals surface area contributed by atoms with Crippen molar-refractivity contribution in [1.29, 1.82) is 0 Å². The number of benzene rings is 2. The zero-order chi connectivity index (χ0) is 19.3. The molecule has 2 aromatic carbocycles. The fourth-order valence-corrected chi connectivity index (χ4v) is 3.42. The monoisotopic (exact) mass is 373 g/mol. The van der Waals surface area contributed by atoms with Gasteiger partial charge in [0.1, 0.15) is 5.78 Å². The summed E-state index contributed by atoms with van der Waals surface area (Å²) in [6.45, 7) is 2.88. The maximum Gasteiger partial charge on any atom is 0.264 e. The summed E-state index contributed by atoms with van der Waals surface area (Å²) in [6, 6.07) is 14.5. The Morgan fingerprint density at radius 1 is 0.962 bits per heavy atom. The second-order valence-electron chi connectivity index (χ2n) is 5.96. The van der Waals surface area contributed by atoms with Gasteiger partial charge in [-0.3, -0.25) is 14.4 Å². The Balaban J connectivity index is 2.19. The van der Waals surface area contributed by atoms with Gasteiger partial charge in [-0.05, 0) is 31.5 Å². The Kier molecular flexibility index (Phi) is 6.05. The summed E-state index contributed by atoms with van der Waals surface area (Å²) in [7, 11) is -4.17. The topological polar surface area (TPSA) is 97.4 Å². The molecule has 1 N–H and O–H groups in total. The fraction of sp³-hybridized carbons (Fsp3) is 0.211. The van der Waals surface area contributed by atoms with Crippen LogP contribution in [-0.4, -0.2) is 25.9 Å². The van der Waals surface area contributed by atoms with E-state index in [1.165, 1.54) is 12.1 Å². The number of carbonyl (C=O) groups excluding carboxylic acids is 3. The molecule has 0 aliphatic heterocycles. The summed E-state index contributed by atoms with van der Waals surface area (Å²) in [5.74, 6) is -4.17. The van der Waals surface area contributed by atoms with Gasteiger partial charge in [0, 0.05) is 6.42 Å². The number of ketones is 2. The van der Waals surface area contributed by atoms with E-state index >= 15 is 0 Å². The second-order valence-corrected chi connectivity index (χ2v) is 7.64. The molecule has 0 saturated heterocycles. The molecule has 0 fully saturated rings. The summed E-state index contributed by atoms with van der Waals surface area (Å²) in [5.41, 5.74) is 1.49. The number of carbonyl (C=O) groups is 3. The van der Waals surface area contributed by atoms with Crippen molar-refractivity contribution >= 4 is 27.5 Å². The highest BCUT2D eigenvalue weighted by Gasteiger charge is 2.33. The smallest absolute Gasteiger partial charge is 0.264 e. The normalized spacial score (nSPS) is 12.2. The van der Waals surface area contributed by atoms with Crippen LogP contribution in [0.3, 0.4) is 0 Å². The van der Waals surface area contributed by atoms with Gasteiger partial charge < -0.3 is 0 Å². The van der Waals surface area contributed by atoms with E-state index in [4.69, 9.17) is 0 Å². The van der Waals surface area contributed by atoms with Gasteiger partial charge in [0.15, 0.2) is 11.7 Å². The van der Waals surface area contributed by atoms with Crippen LogP contribution in [0.4, 0.5) is 0 Å². The van der Waals surface area contributed by atoms with E-state index in [1.807, 2.05) is 4.72 Å². The average molecular weight is 373 g/mol. The number of hydrogen-bond donors (Lipinski definition) is 1. The van der Waals surface area contributed by atoms with Gasteiger partial charge in [0.05, 0.1) is 4.90 Å². The zero-order valence-electron chi connectivity index (χ0n) is 14.4. The van der Waals surface area contributed by atoms with E-state index in [9.17, 15) is 22.8 Å². The van der Waals surface area contributed by atoms with Gasteiger partial charge in [-0.1, -0.05) is 48.0 Å². The molecule has 136 valence electrons. The maximum atomic E-state index is 12.4. The van der Waals surface area contributed by atoms with Crippen molar-refractivity contribution in [2.75, 3.05) is 0 Å². The molecule has 2 aromatic rings. The summed E-state index contributed by atoms with van der Waals surface area (Å²) in [4.78, 5) is 36.4. The van der Waals surface area contributed by atoms with E-state index in [2.05, 4.69) is 0 Å². The highest BCUT2D eigenvalue weighted by molar-refractivity contribution is 7.90. The number of nitrogens with one attached hydrogen (secondary N) is 1. The first-order valence-electron chi connectivity index (χ1n) is 7.91. The molecule has 0 aliphatic rings. The van der Waals surface area contributed by atoms with E-state index in [0.29, 0.717) is 5.56 Å². The van der Waals surface area contributed by atoms with Crippen LogP contribution in [0.15, 0.2) is 59.5 Å². The fourth-order valence-electron chi connectivity index (χ4n) is 2.42. The van der Waals surface area contributed by atoms with Gasteiger partial charge in [-0.2, -0.15) is 0 Å². The Bertz CT molecular complexity index is 918. The van der Waals surface area contributed by atoms with Crippen molar-refractivity contribution in [3.05, 3.63) is 65.7 Å². The van der Waals surface area contributed by atoms with Crippen LogP contribution in [0.25, 0.3) is 0 Å². The molecule has 7 heteroatoms. The van der Waals surface area contributed by atoms with Gasteiger partial charge in [-0.25, -0.2) is 13.1 Å². The predicted molar refractivity (Wildman–Crippen MR) is 95.8 cm³/mol. The van der Waals surface area contributed by atoms with E-state index < -0.39 is 33.4 Å². The SMILES string of the molecule is CC(=O)C(C(=O)Cc1ccccc1)C(=O)NS(=O)(=O)c1ccc(C)cc1. The molecule has 6 nitrogen and oxygen atoms in total. The van der Waals surface area contributed by atoms with Crippen LogP contribution in [0, 0.1) is 12.8 Å². The van der Waals surface area contributed by atoms with Gasteiger partial charge in [0.2, 0.25) is 0 Å². The Labute approximate surface area is 152 Å². The minimum Gasteiger partial charge on any atom is -0.299 e. The zero-order valence-corrected chi connectivity index (χ0v) is 15.2. The van der Waals surface area contributed by atoms with E-state index in [1.54, 1.807) is 49.4 Å². The minimum atomic E-state index is -4.17. The first-order valence-corrected chi connectivity index (χ1v) is 9.39. The number of hydrogen-bond acceptors (Lipinski definition) is 5. The summed E-state index contributed by atoms with van der Waals surface area (Å²) >= 11 is 0. The van der Waals surface area contributed by atoms with Gasteiger partial charge in [-0.15, -0.1) is 0 Å². The first-order chi connectivity index (χ1) is 12.2. The minimum absolute atomic E-state index is 0.116. The maximum absolute atomic E-state index is 12.4. The molecular weight excluding hydrogens is 354 g/mol. The van der Waals surface area contributed by atoms with Crippen LogP contribution in [0.2, 0.25) is 0 Å². The molecular formula is C19H19NO5S.